The van der Waals surface area contributed by atoms with Crippen LogP contribution in [-0.4, -0.2) is 18.0 Å². The van der Waals surface area contributed by atoms with Crippen LogP contribution in [0.15, 0.2) is 47.6 Å². The first kappa shape index (κ1) is 20.9. The van der Waals surface area contributed by atoms with Crippen LogP contribution in [0.5, 0.6) is 0 Å². The van der Waals surface area contributed by atoms with Crippen LogP contribution in [0, 0.1) is 12.2 Å². The molecule has 0 saturated heterocycles. The SMILES string of the molecule is CCC1=CC(C(F)(C(F)(F)F)C(F)(F)F)=CC(Br)(c2ccccc2F)[CH]1. The van der Waals surface area contributed by atoms with Crippen LogP contribution in [0.2, 0.25) is 0 Å². The average Bonchev–Trinajstić information content (AvgIpc) is 2.51. The van der Waals surface area contributed by atoms with Crippen LogP contribution in [0.25, 0.3) is 0 Å². The molecule has 0 N–H and O–H groups in total. The third-order valence-corrected chi connectivity index (χ3v) is 4.86. The van der Waals surface area contributed by atoms with Crippen molar-refractivity contribution in [3.63, 3.8) is 0 Å². The third-order valence-electron chi connectivity index (χ3n) is 3.98. The van der Waals surface area contributed by atoms with Crippen LogP contribution >= 0.6 is 15.9 Å². The minimum absolute atomic E-state index is 0.00171. The molecule has 1 aliphatic carbocycles. The minimum Gasteiger partial charge on any atom is -0.218 e. The molecule has 2 rings (SSSR count). The molecule has 26 heavy (non-hydrogen) atoms. The van der Waals surface area contributed by atoms with E-state index in [1.165, 1.54) is 31.5 Å². The highest BCUT2D eigenvalue weighted by atomic mass is 79.9. The molecule has 0 spiro atoms. The van der Waals surface area contributed by atoms with E-state index in [1.54, 1.807) is 0 Å². The van der Waals surface area contributed by atoms with E-state index in [-0.39, 0.29) is 17.6 Å². The number of rotatable bonds is 3. The quantitative estimate of drug-likeness (QED) is 0.356. The fraction of sp³-hybridized carbons (Fsp3) is 0.353. The number of hydrogen-bond donors (Lipinski definition) is 0. The molecule has 1 aromatic rings. The summed E-state index contributed by atoms with van der Waals surface area (Å²) in [6, 6.07) is 4.86. The van der Waals surface area contributed by atoms with Crippen LogP contribution in [0.4, 0.5) is 35.1 Å². The fourth-order valence-electron chi connectivity index (χ4n) is 2.64. The topological polar surface area (TPSA) is 0 Å². The normalized spacial score (nSPS) is 22.1. The first-order valence-corrected chi connectivity index (χ1v) is 8.11. The van der Waals surface area contributed by atoms with E-state index in [0.29, 0.717) is 12.2 Å². The second-order valence-electron chi connectivity index (χ2n) is 5.72. The van der Waals surface area contributed by atoms with Crippen molar-refractivity contribution in [2.75, 3.05) is 0 Å². The summed E-state index contributed by atoms with van der Waals surface area (Å²) in [6.45, 7) is 1.47. The fourth-order valence-corrected chi connectivity index (χ4v) is 3.50. The number of hydrogen-bond acceptors (Lipinski definition) is 0. The number of alkyl halides is 8. The van der Waals surface area contributed by atoms with Gasteiger partial charge in [0.1, 0.15) is 5.82 Å². The average molecular weight is 448 g/mol. The van der Waals surface area contributed by atoms with E-state index in [4.69, 9.17) is 0 Å². The molecule has 9 heteroatoms. The lowest BCUT2D eigenvalue weighted by Crippen LogP contribution is -2.55. The van der Waals surface area contributed by atoms with Gasteiger partial charge in [-0.1, -0.05) is 58.8 Å². The Balaban J connectivity index is 2.74. The van der Waals surface area contributed by atoms with E-state index in [9.17, 15) is 35.1 Å². The van der Waals surface area contributed by atoms with Gasteiger partial charge in [-0.3, -0.25) is 0 Å². The maximum atomic E-state index is 14.5. The monoisotopic (exact) mass is 447 g/mol. The van der Waals surface area contributed by atoms with Crippen molar-refractivity contribution in [2.45, 2.75) is 35.7 Å². The predicted octanol–water partition coefficient (Wildman–Crippen LogP) is 6.73. The molecule has 1 aromatic carbocycles. The van der Waals surface area contributed by atoms with Gasteiger partial charge in [-0.15, -0.1) is 0 Å². The lowest BCUT2D eigenvalue weighted by Gasteiger charge is -2.37. The maximum Gasteiger partial charge on any atom is 0.435 e. The Labute approximate surface area is 152 Å². The molecular weight excluding hydrogens is 436 g/mol. The van der Waals surface area contributed by atoms with E-state index >= 15 is 0 Å². The summed E-state index contributed by atoms with van der Waals surface area (Å²) in [5.41, 5.74) is -7.46. The third kappa shape index (κ3) is 3.42. The maximum absolute atomic E-state index is 14.5. The van der Waals surface area contributed by atoms with Crippen molar-refractivity contribution in [3.05, 3.63) is 65.4 Å². The van der Waals surface area contributed by atoms with Gasteiger partial charge >= 0.3 is 18.0 Å². The smallest absolute Gasteiger partial charge is 0.218 e. The molecule has 1 radical (unpaired) electrons. The highest BCUT2D eigenvalue weighted by Crippen LogP contribution is 2.55. The second kappa shape index (κ2) is 6.65. The van der Waals surface area contributed by atoms with Gasteiger partial charge in [0.25, 0.3) is 0 Å². The van der Waals surface area contributed by atoms with E-state index in [2.05, 4.69) is 15.9 Å². The van der Waals surface area contributed by atoms with Crippen LogP contribution < -0.4 is 0 Å². The molecule has 0 aromatic heterocycles. The van der Waals surface area contributed by atoms with Gasteiger partial charge in [-0.2, -0.15) is 26.3 Å². The Morgan fingerprint density at radius 2 is 1.50 bits per heavy atom. The van der Waals surface area contributed by atoms with Gasteiger partial charge in [0.15, 0.2) is 0 Å². The summed E-state index contributed by atoms with van der Waals surface area (Å²) in [6.07, 6.45) is -10.3. The predicted molar refractivity (Wildman–Crippen MR) is 83.7 cm³/mol. The van der Waals surface area contributed by atoms with Crippen LogP contribution in [0.1, 0.15) is 18.9 Å². The Hall–Kier alpha value is -1.38. The van der Waals surface area contributed by atoms with Gasteiger partial charge in [-0.25, -0.2) is 8.78 Å². The molecule has 143 valence electrons. The van der Waals surface area contributed by atoms with Crippen molar-refractivity contribution >= 4 is 15.9 Å². The van der Waals surface area contributed by atoms with Crippen molar-refractivity contribution < 1.29 is 35.1 Å². The molecule has 0 heterocycles. The standard InChI is InChI=1S/C17H12BrF8/c1-2-10-7-11(15(20,16(21,22)23)17(24,25)26)9-14(18,8-10)12-5-3-4-6-13(12)19/h3-9H,2H2,1H3. The molecule has 0 nitrogen and oxygen atoms in total. The summed E-state index contributed by atoms with van der Waals surface area (Å²) < 4.78 is 105. The first-order valence-electron chi connectivity index (χ1n) is 7.32. The zero-order valence-electron chi connectivity index (χ0n) is 13.2. The number of halogens is 9. The highest BCUT2D eigenvalue weighted by Gasteiger charge is 2.74. The van der Waals surface area contributed by atoms with Crippen LogP contribution in [-0.2, 0) is 4.32 Å². The van der Waals surface area contributed by atoms with Gasteiger partial charge in [-0.05, 0) is 12.5 Å². The molecule has 0 amide bonds. The summed E-state index contributed by atoms with van der Waals surface area (Å²) in [5.74, 6) is -0.864. The van der Waals surface area contributed by atoms with Crippen molar-refractivity contribution in [3.8, 4) is 0 Å². The number of benzene rings is 1. The molecule has 1 atom stereocenters. The Morgan fingerprint density at radius 3 is 1.96 bits per heavy atom. The molecule has 0 fully saturated rings. The lowest BCUT2D eigenvalue weighted by atomic mass is 9.79. The van der Waals surface area contributed by atoms with Crippen molar-refractivity contribution in [1.82, 2.24) is 0 Å². The van der Waals surface area contributed by atoms with E-state index in [1.807, 2.05) is 0 Å². The van der Waals surface area contributed by atoms with Gasteiger partial charge in [0.05, 0.1) is 4.32 Å². The Bertz CT molecular complexity index is 730. The molecule has 0 aliphatic heterocycles. The van der Waals surface area contributed by atoms with Gasteiger partial charge in [0.2, 0.25) is 0 Å². The summed E-state index contributed by atoms with van der Waals surface area (Å²) >= 11 is 2.99. The second-order valence-corrected chi connectivity index (χ2v) is 7.03. The molecule has 1 aliphatic rings. The number of allylic oxidation sites excluding steroid dienone is 4. The molecule has 1 unspecified atom stereocenters. The molecule has 0 saturated carbocycles. The zero-order chi connectivity index (χ0) is 20.0. The first-order chi connectivity index (χ1) is 11.8. The molecular formula is C17H12BrF8. The summed E-state index contributed by atoms with van der Waals surface area (Å²) in [7, 11) is 0. The largest absolute Gasteiger partial charge is 0.435 e. The molecule has 0 bridgehead atoms. The summed E-state index contributed by atoms with van der Waals surface area (Å²) in [5, 5.41) is 0. The zero-order valence-corrected chi connectivity index (χ0v) is 14.7. The minimum atomic E-state index is -6.24. The van der Waals surface area contributed by atoms with E-state index < -0.39 is 33.7 Å². The van der Waals surface area contributed by atoms with Crippen LogP contribution in [0.3, 0.4) is 0 Å². The lowest BCUT2D eigenvalue weighted by molar-refractivity contribution is -0.325. The van der Waals surface area contributed by atoms with Crippen molar-refractivity contribution in [1.29, 1.82) is 0 Å². The van der Waals surface area contributed by atoms with Gasteiger partial charge in [0, 0.05) is 17.6 Å². The Kier molecular flexibility index (Phi) is 5.35. The summed E-state index contributed by atoms with van der Waals surface area (Å²) in [4.78, 5) is 0. The van der Waals surface area contributed by atoms with Gasteiger partial charge < -0.3 is 0 Å². The van der Waals surface area contributed by atoms with E-state index in [0.717, 1.165) is 6.07 Å². The Morgan fingerprint density at radius 1 is 0.962 bits per heavy atom. The highest BCUT2D eigenvalue weighted by molar-refractivity contribution is 9.09. The van der Waals surface area contributed by atoms with Crippen molar-refractivity contribution in [2.24, 2.45) is 0 Å².